The summed E-state index contributed by atoms with van der Waals surface area (Å²) < 4.78 is 53.1. The van der Waals surface area contributed by atoms with Crippen LogP contribution in [0.3, 0.4) is 0 Å². The molecule has 0 aliphatic rings. The molecule has 2 aromatic rings. The molecule has 1 nitrogen and oxygen atoms in total. The fourth-order valence-corrected chi connectivity index (χ4v) is 2.38. The Morgan fingerprint density at radius 1 is 0.950 bits per heavy atom. The highest BCUT2D eigenvalue weighted by Gasteiger charge is 2.20. The highest BCUT2D eigenvalue weighted by atomic mass is 79.9. The normalized spacial score (nSPS) is 12.5. The first-order chi connectivity index (χ1) is 9.38. The van der Waals surface area contributed by atoms with Crippen molar-refractivity contribution in [3.8, 4) is 0 Å². The maximum Gasteiger partial charge on any atom is 0.134 e. The second-order valence-corrected chi connectivity index (χ2v) is 5.09. The van der Waals surface area contributed by atoms with Crippen LogP contribution in [0.25, 0.3) is 0 Å². The maximum atomic E-state index is 13.5. The Labute approximate surface area is 121 Å². The van der Waals surface area contributed by atoms with Gasteiger partial charge >= 0.3 is 0 Å². The van der Waals surface area contributed by atoms with Gasteiger partial charge in [0.15, 0.2) is 0 Å². The number of halogens is 5. The minimum atomic E-state index is -1.50. The first kappa shape index (κ1) is 15.0. The largest absolute Gasteiger partial charge is 0.388 e. The van der Waals surface area contributed by atoms with Crippen LogP contribution in [0.2, 0.25) is 0 Å². The van der Waals surface area contributed by atoms with Crippen molar-refractivity contribution in [3.63, 3.8) is 0 Å². The van der Waals surface area contributed by atoms with E-state index in [0.717, 1.165) is 0 Å². The minimum absolute atomic E-state index is 0.139. The average Bonchev–Trinajstić information content (AvgIpc) is 2.31. The van der Waals surface area contributed by atoms with Gasteiger partial charge in [0.2, 0.25) is 0 Å². The van der Waals surface area contributed by atoms with E-state index < -0.39 is 34.9 Å². The molecular weight excluding hydrogens is 340 g/mol. The van der Waals surface area contributed by atoms with Gasteiger partial charge in [-0.3, -0.25) is 0 Å². The van der Waals surface area contributed by atoms with Gasteiger partial charge < -0.3 is 5.11 Å². The van der Waals surface area contributed by atoms with Crippen LogP contribution in [0.4, 0.5) is 17.6 Å². The van der Waals surface area contributed by atoms with E-state index in [1.165, 1.54) is 18.2 Å². The van der Waals surface area contributed by atoms with Gasteiger partial charge in [-0.05, 0) is 17.7 Å². The van der Waals surface area contributed by atoms with Crippen LogP contribution in [0.5, 0.6) is 0 Å². The molecule has 0 saturated carbocycles. The van der Waals surface area contributed by atoms with Gasteiger partial charge in [-0.25, -0.2) is 17.6 Å². The van der Waals surface area contributed by atoms with Crippen molar-refractivity contribution >= 4 is 15.9 Å². The standard InChI is InChI=1S/C14H9BrF4O/c15-10-4-8(16)2-1-7(10)3-13(20)14-11(18)5-9(17)6-12(14)19/h1-2,4-6,13,20H,3H2. The molecule has 0 bridgehead atoms. The summed E-state index contributed by atoms with van der Waals surface area (Å²) in [6, 6.07) is 4.74. The predicted octanol–water partition coefficient (Wildman–Crippen LogP) is 4.28. The first-order valence-corrected chi connectivity index (χ1v) is 6.44. The molecule has 2 aromatic carbocycles. The van der Waals surface area contributed by atoms with E-state index in [0.29, 0.717) is 22.2 Å². The molecule has 0 saturated heterocycles. The zero-order chi connectivity index (χ0) is 14.9. The second-order valence-electron chi connectivity index (χ2n) is 4.24. The lowest BCUT2D eigenvalue weighted by Crippen LogP contribution is -2.08. The Bertz CT molecular complexity index is 622. The quantitative estimate of drug-likeness (QED) is 0.820. The summed E-state index contributed by atoms with van der Waals surface area (Å²) >= 11 is 3.10. The highest BCUT2D eigenvalue weighted by molar-refractivity contribution is 9.10. The molecule has 0 aliphatic carbocycles. The van der Waals surface area contributed by atoms with Gasteiger partial charge in [-0.2, -0.15) is 0 Å². The molecule has 20 heavy (non-hydrogen) atoms. The molecule has 1 unspecified atom stereocenters. The van der Waals surface area contributed by atoms with Crippen LogP contribution in [-0.2, 0) is 6.42 Å². The third-order valence-corrected chi connectivity index (χ3v) is 3.54. The Hall–Kier alpha value is -1.40. The summed E-state index contributed by atoms with van der Waals surface area (Å²) in [7, 11) is 0. The molecule has 0 aromatic heterocycles. The van der Waals surface area contributed by atoms with Crippen molar-refractivity contribution in [1.82, 2.24) is 0 Å². The van der Waals surface area contributed by atoms with E-state index in [4.69, 9.17) is 0 Å². The van der Waals surface area contributed by atoms with Gasteiger partial charge in [-0.1, -0.05) is 22.0 Å². The fourth-order valence-electron chi connectivity index (χ4n) is 1.87. The van der Waals surface area contributed by atoms with Gasteiger partial charge in [0.25, 0.3) is 0 Å². The zero-order valence-corrected chi connectivity index (χ0v) is 11.6. The Balaban J connectivity index is 2.31. The molecule has 0 radical (unpaired) electrons. The van der Waals surface area contributed by atoms with E-state index >= 15 is 0 Å². The van der Waals surface area contributed by atoms with Crippen molar-refractivity contribution in [1.29, 1.82) is 0 Å². The van der Waals surface area contributed by atoms with E-state index in [1.54, 1.807) is 0 Å². The molecule has 0 aliphatic heterocycles. The molecule has 2 rings (SSSR count). The lowest BCUT2D eigenvalue weighted by Gasteiger charge is -2.14. The third-order valence-electron chi connectivity index (χ3n) is 2.81. The molecule has 0 spiro atoms. The van der Waals surface area contributed by atoms with Crippen LogP contribution >= 0.6 is 15.9 Å². The fraction of sp³-hybridized carbons (Fsp3) is 0.143. The number of hydrogen-bond donors (Lipinski definition) is 1. The predicted molar refractivity (Wildman–Crippen MR) is 69.1 cm³/mol. The van der Waals surface area contributed by atoms with Crippen molar-refractivity contribution in [3.05, 3.63) is 69.2 Å². The van der Waals surface area contributed by atoms with Crippen molar-refractivity contribution in [2.45, 2.75) is 12.5 Å². The Kier molecular flexibility index (Phi) is 4.45. The van der Waals surface area contributed by atoms with E-state index in [1.807, 2.05) is 0 Å². The SMILES string of the molecule is OC(Cc1ccc(F)cc1Br)c1c(F)cc(F)cc1F. The topological polar surface area (TPSA) is 20.2 Å². The summed E-state index contributed by atoms with van der Waals surface area (Å²) in [5, 5.41) is 9.90. The third kappa shape index (κ3) is 3.19. The van der Waals surface area contributed by atoms with Crippen LogP contribution < -0.4 is 0 Å². The van der Waals surface area contributed by atoms with Crippen LogP contribution in [0.1, 0.15) is 17.2 Å². The summed E-state index contributed by atoms with van der Waals surface area (Å²) in [4.78, 5) is 0. The minimum Gasteiger partial charge on any atom is -0.388 e. The summed E-state index contributed by atoms with van der Waals surface area (Å²) in [5.41, 5.74) is -0.135. The highest BCUT2D eigenvalue weighted by Crippen LogP contribution is 2.28. The van der Waals surface area contributed by atoms with E-state index in [9.17, 15) is 22.7 Å². The summed E-state index contributed by atoms with van der Waals surface area (Å²) in [6.07, 6.45) is -1.64. The molecule has 1 atom stereocenters. The van der Waals surface area contributed by atoms with Crippen LogP contribution in [0, 0.1) is 23.3 Å². The molecular formula is C14H9BrF4O. The number of aliphatic hydroxyl groups is 1. The van der Waals surface area contributed by atoms with Crippen molar-refractivity contribution < 1.29 is 22.7 Å². The average molecular weight is 349 g/mol. The first-order valence-electron chi connectivity index (χ1n) is 5.65. The van der Waals surface area contributed by atoms with Crippen molar-refractivity contribution in [2.24, 2.45) is 0 Å². The van der Waals surface area contributed by atoms with Gasteiger partial charge in [-0.15, -0.1) is 0 Å². The van der Waals surface area contributed by atoms with Crippen LogP contribution in [-0.4, -0.2) is 5.11 Å². The molecule has 0 heterocycles. The van der Waals surface area contributed by atoms with Gasteiger partial charge in [0.05, 0.1) is 11.7 Å². The molecule has 1 N–H and O–H groups in total. The van der Waals surface area contributed by atoms with Crippen LogP contribution in [0.15, 0.2) is 34.8 Å². The smallest absolute Gasteiger partial charge is 0.134 e. The number of hydrogen-bond acceptors (Lipinski definition) is 1. The molecule has 0 fully saturated rings. The maximum absolute atomic E-state index is 13.5. The van der Waals surface area contributed by atoms with Gasteiger partial charge in [0.1, 0.15) is 23.3 Å². The second kappa shape index (κ2) is 5.93. The van der Waals surface area contributed by atoms with E-state index in [2.05, 4.69) is 15.9 Å². The Morgan fingerprint density at radius 2 is 1.55 bits per heavy atom. The molecule has 0 amide bonds. The Morgan fingerprint density at radius 3 is 2.10 bits per heavy atom. The lowest BCUT2D eigenvalue weighted by atomic mass is 10.0. The van der Waals surface area contributed by atoms with E-state index in [-0.39, 0.29) is 6.42 Å². The van der Waals surface area contributed by atoms with Crippen molar-refractivity contribution in [2.75, 3.05) is 0 Å². The van der Waals surface area contributed by atoms with Gasteiger partial charge in [0, 0.05) is 23.0 Å². The number of aliphatic hydroxyl groups excluding tert-OH is 1. The summed E-state index contributed by atoms with van der Waals surface area (Å²) in [5.74, 6) is -3.85. The summed E-state index contributed by atoms with van der Waals surface area (Å²) in [6.45, 7) is 0. The number of benzene rings is 2. The lowest BCUT2D eigenvalue weighted by molar-refractivity contribution is 0.168. The molecule has 6 heteroatoms. The molecule has 106 valence electrons. The zero-order valence-electron chi connectivity index (χ0n) is 10.0. The number of rotatable bonds is 3. The monoisotopic (exact) mass is 348 g/mol.